The highest BCUT2D eigenvalue weighted by Crippen LogP contribution is 2.34. The molecule has 2 unspecified atom stereocenters. The predicted molar refractivity (Wildman–Crippen MR) is 66.1 cm³/mol. The van der Waals surface area contributed by atoms with Gasteiger partial charge in [-0.3, -0.25) is 0 Å². The van der Waals surface area contributed by atoms with Crippen LogP contribution in [0.25, 0.3) is 0 Å². The summed E-state index contributed by atoms with van der Waals surface area (Å²) in [6.45, 7) is 5.47. The Bertz CT molecular complexity index is 407. The number of hydrogen-bond acceptors (Lipinski definition) is 3. The number of anilines is 1. The number of halogens is 1. The molecule has 3 rings (SSSR count). The molecule has 0 aliphatic carbocycles. The molecule has 0 bridgehead atoms. The van der Waals surface area contributed by atoms with Crippen LogP contribution in [-0.4, -0.2) is 30.7 Å². The number of nitrogens with one attached hydrogen (secondary N) is 1. The number of aromatic nitrogens is 1. The van der Waals surface area contributed by atoms with Crippen LogP contribution in [0.2, 0.25) is 5.15 Å². The summed E-state index contributed by atoms with van der Waals surface area (Å²) in [6, 6.07) is 2.86. The van der Waals surface area contributed by atoms with Gasteiger partial charge in [-0.25, -0.2) is 4.98 Å². The first-order chi connectivity index (χ1) is 7.75. The van der Waals surface area contributed by atoms with E-state index in [4.69, 9.17) is 11.6 Å². The zero-order chi connectivity index (χ0) is 11.1. The lowest BCUT2D eigenvalue weighted by atomic mass is 9.83. The van der Waals surface area contributed by atoms with Crippen LogP contribution >= 0.6 is 11.6 Å². The van der Waals surface area contributed by atoms with E-state index in [0.29, 0.717) is 11.2 Å². The van der Waals surface area contributed by atoms with Crippen LogP contribution < -0.4 is 10.2 Å². The van der Waals surface area contributed by atoms with E-state index in [0.717, 1.165) is 24.6 Å². The SMILES string of the molecule is Cc1cc(N2CC3CNCCC32)cnc1Cl. The number of aryl methyl sites for hydroxylation is 1. The third kappa shape index (κ3) is 1.59. The van der Waals surface area contributed by atoms with Crippen molar-refractivity contribution in [2.24, 2.45) is 5.92 Å². The number of pyridine rings is 1. The molecule has 2 atom stereocenters. The maximum Gasteiger partial charge on any atom is 0.132 e. The third-order valence-electron chi connectivity index (χ3n) is 3.73. The summed E-state index contributed by atoms with van der Waals surface area (Å²) in [5, 5.41) is 4.06. The molecule has 3 heterocycles. The van der Waals surface area contributed by atoms with Gasteiger partial charge >= 0.3 is 0 Å². The van der Waals surface area contributed by atoms with Gasteiger partial charge in [0.1, 0.15) is 5.15 Å². The molecule has 1 aromatic rings. The van der Waals surface area contributed by atoms with E-state index in [1.165, 1.54) is 18.7 Å². The summed E-state index contributed by atoms with van der Waals surface area (Å²) in [5.74, 6) is 0.824. The van der Waals surface area contributed by atoms with Crippen molar-refractivity contribution in [3.05, 3.63) is 23.0 Å². The standard InChI is InChI=1S/C12H16ClN3/c1-8-4-10(6-15-12(8)13)16-7-9-5-14-3-2-11(9)16/h4,6,9,11,14H,2-3,5,7H2,1H3. The van der Waals surface area contributed by atoms with Gasteiger partial charge in [-0.05, 0) is 31.5 Å². The molecule has 2 aliphatic rings. The van der Waals surface area contributed by atoms with Gasteiger partial charge in [0.05, 0.1) is 11.9 Å². The zero-order valence-electron chi connectivity index (χ0n) is 9.41. The number of nitrogens with zero attached hydrogens (tertiary/aromatic N) is 2. The summed E-state index contributed by atoms with van der Waals surface area (Å²) in [7, 11) is 0. The van der Waals surface area contributed by atoms with Gasteiger partial charge in [0.25, 0.3) is 0 Å². The van der Waals surface area contributed by atoms with Crippen molar-refractivity contribution in [2.45, 2.75) is 19.4 Å². The van der Waals surface area contributed by atoms with E-state index in [9.17, 15) is 0 Å². The predicted octanol–water partition coefficient (Wildman–Crippen LogP) is 1.84. The molecule has 0 saturated carbocycles. The maximum atomic E-state index is 5.94. The third-order valence-corrected chi connectivity index (χ3v) is 4.13. The fraction of sp³-hybridized carbons (Fsp3) is 0.583. The number of piperidine rings is 1. The zero-order valence-corrected chi connectivity index (χ0v) is 10.2. The van der Waals surface area contributed by atoms with E-state index in [-0.39, 0.29) is 0 Å². The molecule has 0 aromatic carbocycles. The van der Waals surface area contributed by atoms with Gasteiger partial charge in [-0.15, -0.1) is 0 Å². The molecule has 2 aliphatic heterocycles. The normalized spacial score (nSPS) is 28.5. The Balaban J connectivity index is 1.80. The molecule has 3 nitrogen and oxygen atoms in total. The highest BCUT2D eigenvalue weighted by Gasteiger charge is 2.40. The Morgan fingerprint density at radius 3 is 3.19 bits per heavy atom. The molecule has 2 saturated heterocycles. The number of rotatable bonds is 1. The highest BCUT2D eigenvalue weighted by molar-refractivity contribution is 6.30. The molecule has 1 N–H and O–H groups in total. The quantitative estimate of drug-likeness (QED) is 0.756. The van der Waals surface area contributed by atoms with Crippen LogP contribution in [0.15, 0.2) is 12.3 Å². The van der Waals surface area contributed by atoms with Gasteiger partial charge in [0, 0.05) is 25.0 Å². The van der Waals surface area contributed by atoms with Crippen molar-refractivity contribution in [3.8, 4) is 0 Å². The average molecular weight is 238 g/mol. The number of fused-ring (bicyclic) bond motifs is 1. The lowest BCUT2D eigenvalue weighted by Gasteiger charge is -2.52. The van der Waals surface area contributed by atoms with Crippen molar-refractivity contribution in [2.75, 3.05) is 24.5 Å². The van der Waals surface area contributed by atoms with Gasteiger partial charge < -0.3 is 10.2 Å². The van der Waals surface area contributed by atoms with Gasteiger partial charge in [-0.1, -0.05) is 11.6 Å². The fourth-order valence-corrected chi connectivity index (χ4v) is 2.86. The fourth-order valence-electron chi connectivity index (χ4n) is 2.75. The molecule has 86 valence electrons. The maximum absolute atomic E-state index is 5.94. The molecule has 0 amide bonds. The van der Waals surface area contributed by atoms with Crippen molar-refractivity contribution >= 4 is 17.3 Å². The van der Waals surface area contributed by atoms with E-state index >= 15 is 0 Å². The van der Waals surface area contributed by atoms with Gasteiger partial charge in [0.2, 0.25) is 0 Å². The first-order valence-corrected chi connectivity index (χ1v) is 6.23. The smallest absolute Gasteiger partial charge is 0.132 e. The van der Waals surface area contributed by atoms with Crippen LogP contribution in [0.3, 0.4) is 0 Å². The van der Waals surface area contributed by atoms with Gasteiger partial charge in [0.15, 0.2) is 0 Å². The van der Waals surface area contributed by atoms with Crippen molar-refractivity contribution < 1.29 is 0 Å². The molecular formula is C12H16ClN3. The van der Waals surface area contributed by atoms with E-state index in [1.807, 2.05) is 13.1 Å². The molecule has 16 heavy (non-hydrogen) atoms. The largest absolute Gasteiger partial charge is 0.366 e. The molecular weight excluding hydrogens is 222 g/mol. The lowest BCUT2D eigenvalue weighted by Crippen LogP contribution is -2.63. The summed E-state index contributed by atoms with van der Waals surface area (Å²) in [4.78, 5) is 6.69. The second-order valence-electron chi connectivity index (χ2n) is 4.77. The topological polar surface area (TPSA) is 28.2 Å². The molecule has 0 radical (unpaired) electrons. The first-order valence-electron chi connectivity index (χ1n) is 5.85. The highest BCUT2D eigenvalue weighted by atomic mass is 35.5. The second kappa shape index (κ2) is 3.90. The number of hydrogen-bond donors (Lipinski definition) is 1. The van der Waals surface area contributed by atoms with E-state index < -0.39 is 0 Å². The molecule has 0 spiro atoms. The van der Waals surface area contributed by atoms with Gasteiger partial charge in [-0.2, -0.15) is 0 Å². The van der Waals surface area contributed by atoms with Crippen LogP contribution in [-0.2, 0) is 0 Å². The summed E-state index contributed by atoms with van der Waals surface area (Å²) in [6.07, 6.45) is 3.14. The second-order valence-corrected chi connectivity index (χ2v) is 5.13. The molecule has 4 heteroatoms. The van der Waals surface area contributed by atoms with E-state index in [2.05, 4.69) is 21.3 Å². The van der Waals surface area contributed by atoms with Crippen molar-refractivity contribution in [1.29, 1.82) is 0 Å². The Morgan fingerprint density at radius 1 is 1.56 bits per heavy atom. The summed E-state index contributed by atoms with van der Waals surface area (Å²) < 4.78 is 0. The van der Waals surface area contributed by atoms with Crippen LogP contribution in [0.1, 0.15) is 12.0 Å². The van der Waals surface area contributed by atoms with Crippen LogP contribution in [0.4, 0.5) is 5.69 Å². The molecule has 2 fully saturated rings. The van der Waals surface area contributed by atoms with Crippen molar-refractivity contribution in [1.82, 2.24) is 10.3 Å². The Morgan fingerprint density at radius 2 is 2.44 bits per heavy atom. The minimum Gasteiger partial charge on any atom is -0.366 e. The molecule has 1 aromatic heterocycles. The average Bonchev–Trinajstić information content (AvgIpc) is 2.25. The monoisotopic (exact) mass is 237 g/mol. The Kier molecular flexibility index (Phi) is 2.52. The first kappa shape index (κ1) is 10.4. The van der Waals surface area contributed by atoms with Crippen LogP contribution in [0, 0.1) is 12.8 Å². The van der Waals surface area contributed by atoms with Crippen LogP contribution in [0.5, 0.6) is 0 Å². The van der Waals surface area contributed by atoms with E-state index in [1.54, 1.807) is 0 Å². The summed E-state index contributed by atoms with van der Waals surface area (Å²) in [5.41, 5.74) is 2.29. The Labute approximate surface area is 101 Å². The Hall–Kier alpha value is -0.800. The summed E-state index contributed by atoms with van der Waals surface area (Å²) >= 11 is 5.94. The van der Waals surface area contributed by atoms with Crippen molar-refractivity contribution in [3.63, 3.8) is 0 Å². The minimum atomic E-state index is 0.617. The lowest BCUT2D eigenvalue weighted by molar-refractivity contribution is 0.230. The minimum absolute atomic E-state index is 0.617.